The first-order chi connectivity index (χ1) is 1.00. The summed E-state index contributed by atoms with van der Waals surface area (Å²) in [5.74, 6) is 0. The molecular weight excluding hydrogens is 582 g/mol. The molecule has 6 heteroatoms. The minimum absolute atomic E-state index is 0. The maximum atomic E-state index is 2.91. The van der Waals surface area contributed by atoms with Crippen LogP contribution in [0.1, 0.15) is 0 Å². The first-order valence-corrected chi connectivity index (χ1v) is 4.98. The third-order valence-corrected chi connectivity index (χ3v) is 0. The van der Waals surface area contributed by atoms with Gasteiger partial charge in [-0.3, -0.25) is 0 Å². The maximum absolute atomic E-state index is 2.91. The predicted molar refractivity (Wildman–Crippen MR) is 22.9 cm³/mol. The van der Waals surface area contributed by atoms with E-state index in [2.05, 4.69) is 12.7 Å². The molecule has 0 aromatic heterocycles. The molecule has 0 aromatic rings. The van der Waals surface area contributed by atoms with Crippen LogP contribution in [-0.4, -0.2) is 0 Å². The molecule has 0 N–H and O–H groups in total. The van der Waals surface area contributed by atoms with Crippen LogP contribution in [0.25, 0.3) is 0 Å². The summed E-state index contributed by atoms with van der Waals surface area (Å²) in [6, 6.07) is 0. The SMILES string of the molecule is BrI.[Ag+].[Ag+].[Br-].[Br-]. The van der Waals surface area contributed by atoms with Crippen LogP contribution in [0.15, 0.2) is 0 Å². The van der Waals surface area contributed by atoms with E-state index in [-0.39, 0.29) is 78.7 Å². The molecule has 0 spiro atoms. The van der Waals surface area contributed by atoms with Crippen LogP contribution >= 0.6 is 33.1 Å². The number of hydrogen-bond acceptors (Lipinski definition) is 0. The largest absolute Gasteiger partial charge is 1.00 e. The van der Waals surface area contributed by atoms with Crippen molar-refractivity contribution in [1.82, 2.24) is 0 Å². The third kappa shape index (κ3) is 25.4. The molecule has 0 fully saturated rings. The van der Waals surface area contributed by atoms with Crippen LogP contribution in [0.5, 0.6) is 0 Å². The fourth-order valence-corrected chi connectivity index (χ4v) is 0. The Bertz CT molecular complexity index is 8.75. The van der Waals surface area contributed by atoms with Gasteiger partial charge in [-0.2, -0.15) is 0 Å². The van der Waals surface area contributed by atoms with Crippen LogP contribution in [0.3, 0.4) is 0 Å². The molecule has 0 rings (SSSR count). The maximum Gasteiger partial charge on any atom is 1.00 e. The minimum Gasteiger partial charge on any atom is -1.00 e. The van der Waals surface area contributed by atoms with Crippen molar-refractivity contribution in [3.63, 3.8) is 0 Å². The summed E-state index contributed by atoms with van der Waals surface area (Å²) in [6.07, 6.45) is 0. The summed E-state index contributed by atoms with van der Waals surface area (Å²) in [4.78, 5) is 0. The van der Waals surface area contributed by atoms with E-state index in [1.54, 1.807) is 0 Å². The molecule has 0 bridgehead atoms. The van der Waals surface area contributed by atoms with E-state index in [0.717, 1.165) is 0 Å². The molecule has 0 atom stereocenters. The summed E-state index contributed by atoms with van der Waals surface area (Å²) < 4.78 is 0. The van der Waals surface area contributed by atoms with Gasteiger partial charge in [0.05, 0.1) is 0 Å². The zero-order valence-corrected chi connectivity index (χ0v) is 12.0. The summed E-state index contributed by atoms with van der Waals surface area (Å²) in [7, 11) is 0. The van der Waals surface area contributed by atoms with Crippen LogP contribution < -0.4 is 34.0 Å². The van der Waals surface area contributed by atoms with Crippen molar-refractivity contribution in [3.8, 4) is 0 Å². The molecule has 0 aliphatic rings. The summed E-state index contributed by atoms with van der Waals surface area (Å²) in [6.45, 7) is 0. The Hall–Kier alpha value is 3.65. The molecule has 0 radical (unpaired) electrons. The van der Waals surface area contributed by atoms with Crippen molar-refractivity contribution in [2.24, 2.45) is 0 Å². The Labute approximate surface area is 109 Å². The minimum atomic E-state index is 0. The van der Waals surface area contributed by atoms with Crippen molar-refractivity contribution in [3.05, 3.63) is 0 Å². The van der Waals surface area contributed by atoms with Crippen LogP contribution in [0.2, 0.25) is 0 Å². The zero-order valence-electron chi connectivity index (χ0n) is 2.11. The fraction of sp³-hybridized carbons (Fsp3) is 0. The first-order valence-electron chi connectivity index (χ1n) is 0.143. The topological polar surface area (TPSA) is 0 Å². The van der Waals surface area contributed by atoms with Gasteiger partial charge in [0, 0.05) is 20.4 Å². The average molecular weight is 582 g/mol. The summed E-state index contributed by atoms with van der Waals surface area (Å²) in [5, 5.41) is 0. The quantitative estimate of drug-likeness (QED) is 0.201. The van der Waals surface area contributed by atoms with Crippen molar-refractivity contribution in [2.75, 3.05) is 0 Å². The van der Waals surface area contributed by atoms with E-state index in [4.69, 9.17) is 0 Å². The summed E-state index contributed by atoms with van der Waals surface area (Å²) in [5.41, 5.74) is 0. The van der Waals surface area contributed by atoms with Gasteiger partial charge in [-0.1, -0.05) is 0 Å². The Balaban J connectivity index is -0.000000000833. The van der Waals surface area contributed by atoms with E-state index in [0.29, 0.717) is 0 Å². The smallest absolute Gasteiger partial charge is 1.00 e. The Morgan fingerprint density at radius 1 is 0.833 bits per heavy atom. The van der Waals surface area contributed by atoms with Crippen molar-refractivity contribution in [2.45, 2.75) is 0 Å². The van der Waals surface area contributed by atoms with Gasteiger partial charge in [0.25, 0.3) is 0 Å². The second kappa shape index (κ2) is 38.0. The van der Waals surface area contributed by atoms with E-state index in [1.807, 2.05) is 20.4 Å². The van der Waals surface area contributed by atoms with Crippen LogP contribution in [0, 0.1) is 0 Å². The normalized spacial score (nSPS) is 1.00. The molecule has 6 heavy (non-hydrogen) atoms. The fourth-order valence-electron chi connectivity index (χ4n) is 0. The van der Waals surface area contributed by atoms with E-state index >= 15 is 0 Å². The van der Waals surface area contributed by atoms with Gasteiger partial charge in [-0.15, -0.1) is 0 Å². The Kier molecular flexibility index (Phi) is 211. The van der Waals surface area contributed by atoms with Gasteiger partial charge in [-0.25, -0.2) is 0 Å². The molecule has 0 amide bonds. The van der Waals surface area contributed by atoms with Gasteiger partial charge < -0.3 is 34.0 Å². The molecule has 0 saturated carbocycles. The molecule has 0 unspecified atom stereocenters. The monoisotopic (exact) mass is 577 g/mol. The van der Waals surface area contributed by atoms with E-state index in [1.165, 1.54) is 0 Å². The first kappa shape index (κ1) is 33.4. The molecular formula is Ag2Br3I. The molecule has 0 aliphatic heterocycles. The molecule has 50 valence electrons. The molecule has 0 saturated heterocycles. The van der Waals surface area contributed by atoms with Crippen molar-refractivity contribution >= 4 is 33.1 Å². The van der Waals surface area contributed by atoms with Gasteiger partial charge in [-0.05, 0) is 12.7 Å². The summed E-state index contributed by atoms with van der Waals surface area (Å²) >= 11 is 4.87. The average Bonchev–Trinajstić information content (AvgIpc) is 1.00. The molecule has 0 nitrogen and oxygen atoms in total. The number of hydrogen-bond donors (Lipinski definition) is 0. The van der Waals surface area contributed by atoms with E-state index < -0.39 is 0 Å². The predicted octanol–water partition coefficient (Wildman–Crippen LogP) is -4.27. The molecule has 0 aliphatic carbocycles. The second-order valence-corrected chi connectivity index (χ2v) is 0. The Morgan fingerprint density at radius 3 is 0.833 bits per heavy atom. The van der Waals surface area contributed by atoms with Crippen LogP contribution in [-0.2, 0) is 44.8 Å². The van der Waals surface area contributed by atoms with Crippen molar-refractivity contribution in [1.29, 1.82) is 0 Å². The molecule has 0 aromatic carbocycles. The third-order valence-electron chi connectivity index (χ3n) is 0. The standard InChI is InChI=1S/2Ag.BrI.2BrH/c;;1-2;;/h;;;2*1H/q2*+1;;;/p-2. The van der Waals surface area contributed by atoms with Gasteiger partial charge >= 0.3 is 44.8 Å². The van der Waals surface area contributed by atoms with Gasteiger partial charge in [0.1, 0.15) is 0 Å². The number of halogens is 4. The van der Waals surface area contributed by atoms with Gasteiger partial charge in [0.15, 0.2) is 0 Å². The van der Waals surface area contributed by atoms with Crippen LogP contribution in [0.4, 0.5) is 0 Å². The molecule has 0 heterocycles. The van der Waals surface area contributed by atoms with E-state index in [9.17, 15) is 0 Å². The Morgan fingerprint density at radius 2 is 0.833 bits per heavy atom. The number of rotatable bonds is 0. The van der Waals surface area contributed by atoms with Crippen molar-refractivity contribution < 1.29 is 78.7 Å². The van der Waals surface area contributed by atoms with Gasteiger partial charge in [0.2, 0.25) is 0 Å². The second-order valence-electron chi connectivity index (χ2n) is 0. The zero-order chi connectivity index (χ0) is 2.00.